The first-order valence-corrected chi connectivity index (χ1v) is 22.2. The lowest BCUT2D eigenvalue weighted by Crippen LogP contribution is -2.46. The number of aliphatic hydroxyl groups is 1. The molecule has 0 aliphatic carbocycles. The van der Waals surface area contributed by atoms with Gasteiger partial charge < -0.3 is 10.4 Å². The van der Waals surface area contributed by atoms with Crippen LogP contribution in [0.2, 0.25) is 0 Å². The first kappa shape index (κ1) is 48.8. The molecular weight excluding hydrogens is 655 g/mol. The number of carbonyl (C=O) groups excluding carboxylic acids is 1. The van der Waals surface area contributed by atoms with Crippen LogP contribution in [0.4, 0.5) is 0 Å². The zero-order chi connectivity index (χ0) is 37.5. The van der Waals surface area contributed by atoms with Crippen LogP contribution in [0, 0.1) is 0 Å². The van der Waals surface area contributed by atoms with Crippen LogP contribution in [0.15, 0.2) is 72.9 Å². The van der Waals surface area contributed by atoms with E-state index in [0.29, 0.717) is 6.42 Å². The molecule has 0 aliphatic heterocycles. The van der Waals surface area contributed by atoms with Gasteiger partial charge in [0.25, 0.3) is 10.1 Å². The van der Waals surface area contributed by atoms with Crippen LogP contribution in [-0.2, 0) is 14.9 Å². The minimum Gasteiger partial charge on any atom is -0.387 e. The minimum atomic E-state index is -4.37. The number of amides is 1. The number of hydrogen-bond acceptors (Lipinski definition) is 4. The fraction of sp³-hybridized carbons (Fsp3) is 0.705. The molecule has 0 bridgehead atoms. The standard InChI is InChI=1S/C44H77NO5S/c1-3-5-7-9-11-13-15-17-19-21-22-24-25-27-29-31-33-35-37-39-43(46)42(41-51(48,49)50)45-44(47)40-38-36-34-32-30-28-26-23-20-18-16-14-12-10-8-6-4-2/h6,8,12,14,18,20,26,28,32,34,37,39,42-43,46H,3-5,7,9-11,13,15-17,19,21-25,27,29-31,33,35-36,38,40-41H2,1-2H3,(H,45,47)(H,48,49,50)/b8-6-,14-12-,20-18-,28-26-,34-32-,39-37+. The van der Waals surface area contributed by atoms with E-state index in [1.807, 2.05) is 12.2 Å². The van der Waals surface area contributed by atoms with Crippen LogP contribution in [0.25, 0.3) is 0 Å². The van der Waals surface area contributed by atoms with E-state index in [4.69, 9.17) is 0 Å². The van der Waals surface area contributed by atoms with Gasteiger partial charge in [0.15, 0.2) is 0 Å². The van der Waals surface area contributed by atoms with Crippen molar-refractivity contribution in [2.24, 2.45) is 0 Å². The summed E-state index contributed by atoms with van der Waals surface area (Å²) in [6.45, 7) is 4.41. The molecule has 2 unspecified atom stereocenters. The number of allylic oxidation sites excluding steroid dienone is 11. The molecule has 0 saturated carbocycles. The summed E-state index contributed by atoms with van der Waals surface area (Å²) in [6.07, 6.45) is 53.2. The smallest absolute Gasteiger partial charge is 0.267 e. The Hall–Kier alpha value is -2.22. The van der Waals surface area contributed by atoms with E-state index in [0.717, 1.165) is 57.8 Å². The van der Waals surface area contributed by atoms with Crippen molar-refractivity contribution in [3.8, 4) is 0 Å². The van der Waals surface area contributed by atoms with Gasteiger partial charge in [-0.25, -0.2) is 0 Å². The molecule has 3 N–H and O–H groups in total. The summed E-state index contributed by atoms with van der Waals surface area (Å²) in [5.74, 6) is -1.06. The van der Waals surface area contributed by atoms with Crippen molar-refractivity contribution in [3.63, 3.8) is 0 Å². The Bertz CT molecular complexity index is 1070. The van der Waals surface area contributed by atoms with Crippen molar-refractivity contribution in [1.29, 1.82) is 0 Å². The second-order valence-corrected chi connectivity index (χ2v) is 15.4. The lowest BCUT2D eigenvalue weighted by molar-refractivity contribution is -0.122. The Kier molecular flexibility index (Phi) is 35.9. The highest BCUT2D eigenvalue weighted by Gasteiger charge is 2.24. The van der Waals surface area contributed by atoms with E-state index >= 15 is 0 Å². The lowest BCUT2D eigenvalue weighted by Gasteiger charge is -2.21. The molecule has 6 nitrogen and oxygen atoms in total. The first-order valence-electron chi connectivity index (χ1n) is 20.6. The van der Waals surface area contributed by atoms with Crippen molar-refractivity contribution in [2.75, 3.05) is 5.75 Å². The Balaban J connectivity index is 4.03. The van der Waals surface area contributed by atoms with Crippen molar-refractivity contribution < 1.29 is 22.9 Å². The Morgan fingerprint density at radius 2 is 0.941 bits per heavy atom. The summed E-state index contributed by atoms with van der Waals surface area (Å²) in [5.41, 5.74) is 0. The molecule has 1 amide bonds. The largest absolute Gasteiger partial charge is 0.387 e. The zero-order valence-corrected chi connectivity index (χ0v) is 33.5. The summed E-state index contributed by atoms with van der Waals surface area (Å²) >= 11 is 0. The molecule has 7 heteroatoms. The molecule has 0 saturated heterocycles. The van der Waals surface area contributed by atoms with Crippen LogP contribution in [0.5, 0.6) is 0 Å². The molecule has 0 rings (SSSR count). The third-order valence-corrected chi connectivity index (χ3v) is 9.67. The van der Waals surface area contributed by atoms with Gasteiger partial charge in [0.05, 0.1) is 17.9 Å². The van der Waals surface area contributed by atoms with Crippen LogP contribution >= 0.6 is 0 Å². The zero-order valence-electron chi connectivity index (χ0n) is 32.7. The van der Waals surface area contributed by atoms with Gasteiger partial charge in [0, 0.05) is 6.42 Å². The highest BCUT2D eigenvalue weighted by molar-refractivity contribution is 7.85. The maximum absolute atomic E-state index is 12.5. The number of carbonyl (C=O) groups is 1. The quantitative estimate of drug-likeness (QED) is 0.0338. The highest BCUT2D eigenvalue weighted by Crippen LogP contribution is 2.15. The maximum atomic E-state index is 12.5. The summed E-state index contributed by atoms with van der Waals surface area (Å²) in [7, 11) is -4.37. The van der Waals surface area contributed by atoms with Gasteiger partial charge >= 0.3 is 0 Å². The second-order valence-electron chi connectivity index (χ2n) is 13.9. The van der Waals surface area contributed by atoms with E-state index < -0.39 is 28.0 Å². The maximum Gasteiger partial charge on any atom is 0.267 e. The third-order valence-electron chi connectivity index (χ3n) is 8.89. The summed E-state index contributed by atoms with van der Waals surface area (Å²) in [4.78, 5) is 12.5. The molecule has 294 valence electrons. The van der Waals surface area contributed by atoms with Crippen LogP contribution in [-0.4, -0.2) is 41.9 Å². The van der Waals surface area contributed by atoms with Crippen LogP contribution in [0.1, 0.15) is 181 Å². The summed E-state index contributed by atoms with van der Waals surface area (Å²) in [5, 5.41) is 13.2. The average Bonchev–Trinajstić information content (AvgIpc) is 3.09. The number of rotatable bonds is 36. The second kappa shape index (κ2) is 37.5. The Morgan fingerprint density at radius 3 is 1.37 bits per heavy atom. The molecule has 0 aromatic heterocycles. The van der Waals surface area contributed by atoms with E-state index in [9.17, 15) is 22.9 Å². The fourth-order valence-corrected chi connectivity index (χ4v) is 6.57. The SMILES string of the molecule is CC/C=C\C/C=C\C/C=C\C/C=C\C/C=C\CCCC(=O)NC(CS(=O)(=O)O)C(O)/C=C/CCCCCCCCCCCCCCCCCCC. The van der Waals surface area contributed by atoms with E-state index in [-0.39, 0.29) is 12.3 Å². The number of aliphatic hydroxyl groups excluding tert-OH is 1. The predicted molar refractivity (Wildman–Crippen MR) is 221 cm³/mol. The first-order chi connectivity index (χ1) is 24.8. The van der Waals surface area contributed by atoms with Gasteiger partial charge in [0.2, 0.25) is 5.91 Å². The normalized spacial score (nSPS) is 14.0. The van der Waals surface area contributed by atoms with E-state index in [1.54, 1.807) is 6.08 Å². The van der Waals surface area contributed by atoms with Crippen LogP contribution in [0.3, 0.4) is 0 Å². The average molecular weight is 732 g/mol. The van der Waals surface area contributed by atoms with Crippen LogP contribution < -0.4 is 5.32 Å². The van der Waals surface area contributed by atoms with Crippen molar-refractivity contribution >= 4 is 16.0 Å². The Labute approximate surface area is 314 Å². The predicted octanol–water partition coefficient (Wildman–Crippen LogP) is 12.2. The molecule has 0 aromatic carbocycles. The van der Waals surface area contributed by atoms with Gasteiger partial charge in [-0.3, -0.25) is 9.35 Å². The summed E-state index contributed by atoms with van der Waals surface area (Å²) < 4.78 is 32.5. The molecule has 0 radical (unpaired) electrons. The topological polar surface area (TPSA) is 104 Å². The van der Waals surface area contributed by atoms with Gasteiger partial charge in [-0.05, 0) is 57.8 Å². The van der Waals surface area contributed by atoms with E-state index in [1.165, 1.54) is 96.3 Å². The fourth-order valence-electron chi connectivity index (χ4n) is 5.84. The summed E-state index contributed by atoms with van der Waals surface area (Å²) in [6, 6.07) is -1.09. The Morgan fingerprint density at radius 1 is 0.549 bits per heavy atom. The monoisotopic (exact) mass is 732 g/mol. The molecule has 2 atom stereocenters. The molecule has 0 spiro atoms. The molecule has 0 heterocycles. The van der Waals surface area contributed by atoms with Crippen molar-refractivity contribution in [2.45, 2.75) is 193 Å². The van der Waals surface area contributed by atoms with Gasteiger partial charge in [-0.15, -0.1) is 0 Å². The molecule has 0 aromatic rings. The number of unbranched alkanes of at least 4 members (excludes halogenated alkanes) is 18. The molecule has 0 aliphatic rings. The number of hydrogen-bond donors (Lipinski definition) is 3. The van der Waals surface area contributed by atoms with Gasteiger partial charge in [-0.1, -0.05) is 189 Å². The van der Waals surface area contributed by atoms with E-state index in [2.05, 4.69) is 73.8 Å². The van der Waals surface area contributed by atoms with Crippen molar-refractivity contribution in [3.05, 3.63) is 72.9 Å². The van der Waals surface area contributed by atoms with Gasteiger partial charge in [-0.2, -0.15) is 8.42 Å². The lowest BCUT2D eigenvalue weighted by atomic mass is 10.0. The molecular formula is C44H77NO5S. The third kappa shape index (κ3) is 38.8. The molecule has 0 fully saturated rings. The molecule has 51 heavy (non-hydrogen) atoms. The van der Waals surface area contributed by atoms with Crippen molar-refractivity contribution in [1.82, 2.24) is 5.32 Å². The highest BCUT2D eigenvalue weighted by atomic mass is 32.2. The number of nitrogens with one attached hydrogen (secondary N) is 1. The van der Waals surface area contributed by atoms with Gasteiger partial charge in [0.1, 0.15) is 0 Å². The minimum absolute atomic E-state index is 0.214.